The Bertz CT molecular complexity index is 1110. The zero-order valence-corrected chi connectivity index (χ0v) is 22.3. The molecular weight excluding hydrogens is 484 g/mol. The van der Waals surface area contributed by atoms with E-state index in [0.29, 0.717) is 45.3 Å². The third kappa shape index (κ3) is 7.58. The molecule has 198 valence electrons. The highest BCUT2D eigenvalue weighted by atomic mass is 32.2. The Balaban J connectivity index is 1.37. The molecule has 1 aliphatic carbocycles. The van der Waals surface area contributed by atoms with Crippen LogP contribution in [0.1, 0.15) is 55.2 Å². The molecule has 1 atom stereocenters. The number of thioether (sulfide) groups is 1. The van der Waals surface area contributed by atoms with Crippen LogP contribution in [0, 0.1) is 0 Å². The summed E-state index contributed by atoms with van der Waals surface area (Å²) in [5.74, 6) is 0.480. The molecule has 2 aromatic rings. The summed E-state index contributed by atoms with van der Waals surface area (Å²) in [6, 6.07) is 13.7. The molecule has 0 saturated heterocycles. The van der Waals surface area contributed by atoms with Gasteiger partial charge in [-0.3, -0.25) is 14.4 Å². The van der Waals surface area contributed by atoms with E-state index in [0.717, 1.165) is 34.7 Å². The van der Waals surface area contributed by atoms with Gasteiger partial charge in [0.25, 0.3) is 0 Å². The lowest BCUT2D eigenvalue weighted by Crippen LogP contribution is -2.48. The average molecular weight is 523 g/mol. The molecule has 0 saturated carbocycles. The highest BCUT2D eigenvalue weighted by Gasteiger charge is 2.24. The van der Waals surface area contributed by atoms with E-state index in [1.165, 1.54) is 24.0 Å². The smallest absolute Gasteiger partial charge is 0.242 e. The summed E-state index contributed by atoms with van der Waals surface area (Å²) in [6.45, 7) is 1.46. The van der Waals surface area contributed by atoms with Gasteiger partial charge in [-0.15, -0.1) is 11.8 Å². The molecule has 0 unspecified atom stereocenters. The first kappa shape index (κ1) is 27.2. The minimum Gasteiger partial charge on any atom is -0.354 e. The van der Waals surface area contributed by atoms with Crippen molar-refractivity contribution in [1.29, 1.82) is 0 Å². The number of anilines is 1. The molecule has 1 aliphatic heterocycles. The molecule has 3 amide bonds. The van der Waals surface area contributed by atoms with E-state index in [1.54, 1.807) is 16.7 Å². The number of nitrogens with zero attached hydrogens (tertiary/aromatic N) is 1. The van der Waals surface area contributed by atoms with Crippen LogP contribution in [0.2, 0.25) is 0 Å². The number of nitrogens with two attached hydrogens (primary N) is 1. The first-order valence-electron chi connectivity index (χ1n) is 13.4. The van der Waals surface area contributed by atoms with Gasteiger partial charge in [0.05, 0.1) is 5.69 Å². The molecular formula is C29H38N4O3S. The Morgan fingerprint density at radius 2 is 1.84 bits per heavy atom. The normalized spacial score (nSPS) is 15.8. The summed E-state index contributed by atoms with van der Waals surface area (Å²) < 4.78 is 0. The van der Waals surface area contributed by atoms with Crippen molar-refractivity contribution in [2.24, 2.45) is 5.73 Å². The third-order valence-corrected chi connectivity index (χ3v) is 8.07. The second-order valence-electron chi connectivity index (χ2n) is 9.78. The van der Waals surface area contributed by atoms with Crippen molar-refractivity contribution in [2.75, 3.05) is 30.3 Å². The zero-order chi connectivity index (χ0) is 26.0. The maximum absolute atomic E-state index is 13.0. The minimum absolute atomic E-state index is 0.0856. The van der Waals surface area contributed by atoms with Gasteiger partial charge < -0.3 is 21.3 Å². The zero-order valence-electron chi connectivity index (χ0n) is 21.5. The van der Waals surface area contributed by atoms with Crippen LogP contribution in [-0.2, 0) is 33.6 Å². The number of aryl methyl sites for hydroxylation is 2. The SMILES string of the molecule is NCCCNC(=O)[C@@H](Cc1ccc2c(c1)CCCC2)NC(=O)CCCN1C(=O)CCSc2ccccc21. The number of carbonyl (C=O) groups is 3. The van der Waals surface area contributed by atoms with Gasteiger partial charge in [-0.2, -0.15) is 0 Å². The minimum atomic E-state index is -0.649. The highest BCUT2D eigenvalue weighted by Crippen LogP contribution is 2.34. The molecule has 1 heterocycles. The van der Waals surface area contributed by atoms with Gasteiger partial charge in [0, 0.05) is 43.0 Å². The van der Waals surface area contributed by atoms with Crippen molar-refractivity contribution in [3.63, 3.8) is 0 Å². The van der Waals surface area contributed by atoms with E-state index in [2.05, 4.69) is 28.8 Å². The second kappa shape index (κ2) is 13.6. The highest BCUT2D eigenvalue weighted by molar-refractivity contribution is 7.99. The van der Waals surface area contributed by atoms with Crippen molar-refractivity contribution >= 4 is 35.2 Å². The fourth-order valence-corrected chi connectivity index (χ4v) is 6.02. The summed E-state index contributed by atoms with van der Waals surface area (Å²) in [7, 11) is 0. The number of hydrogen-bond donors (Lipinski definition) is 3. The lowest BCUT2D eigenvalue weighted by atomic mass is 9.89. The summed E-state index contributed by atoms with van der Waals surface area (Å²) in [5.41, 5.74) is 10.3. The Hall–Kier alpha value is -2.84. The number of benzene rings is 2. The predicted octanol–water partition coefficient (Wildman–Crippen LogP) is 3.37. The first-order chi connectivity index (χ1) is 18.0. The van der Waals surface area contributed by atoms with Crippen molar-refractivity contribution in [3.05, 3.63) is 59.2 Å². The van der Waals surface area contributed by atoms with Gasteiger partial charge in [-0.25, -0.2) is 0 Å². The van der Waals surface area contributed by atoms with Crippen molar-refractivity contribution in [1.82, 2.24) is 10.6 Å². The Labute approximate surface area is 223 Å². The Morgan fingerprint density at radius 3 is 2.68 bits per heavy atom. The molecule has 7 nitrogen and oxygen atoms in total. The molecule has 37 heavy (non-hydrogen) atoms. The van der Waals surface area contributed by atoms with E-state index in [9.17, 15) is 14.4 Å². The monoisotopic (exact) mass is 522 g/mol. The predicted molar refractivity (Wildman–Crippen MR) is 149 cm³/mol. The number of fused-ring (bicyclic) bond motifs is 2. The van der Waals surface area contributed by atoms with Crippen LogP contribution in [0.15, 0.2) is 47.4 Å². The number of amides is 3. The van der Waals surface area contributed by atoms with Gasteiger partial charge >= 0.3 is 0 Å². The van der Waals surface area contributed by atoms with Crippen LogP contribution in [0.5, 0.6) is 0 Å². The standard InChI is InChI=1S/C29H38N4O3S/c30-15-6-16-31-29(36)24(20-21-12-13-22-7-1-2-8-23(22)19-21)32-27(34)11-5-17-33-25-9-3-4-10-26(25)37-18-14-28(33)35/h3-4,9-10,12-13,19,24H,1-2,5-8,11,14-18,20,30H2,(H,31,36)(H,32,34)/t24-/m1/s1. The molecule has 4 rings (SSSR count). The van der Waals surface area contributed by atoms with Crippen LogP contribution in [0.4, 0.5) is 5.69 Å². The van der Waals surface area contributed by atoms with Gasteiger partial charge in [-0.05, 0) is 73.9 Å². The molecule has 4 N–H and O–H groups in total. The van der Waals surface area contributed by atoms with E-state index in [4.69, 9.17) is 5.73 Å². The topological polar surface area (TPSA) is 105 Å². The Kier molecular flexibility index (Phi) is 10.0. The summed E-state index contributed by atoms with van der Waals surface area (Å²) in [5, 5.41) is 5.88. The number of hydrogen-bond acceptors (Lipinski definition) is 5. The number of carbonyl (C=O) groups excluding carboxylic acids is 3. The number of para-hydroxylation sites is 1. The fourth-order valence-electron chi connectivity index (χ4n) is 5.02. The van der Waals surface area contributed by atoms with Gasteiger partial charge in [0.15, 0.2) is 0 Å². The van der Waals surface area contributed by atoms with E-state index in [-0.39, 0.29) is 24.1 Å². The second-order valence-corrected chi connectivity index (χ2v) is 10.9. The molecule has 0 aromatic heterocycles. The lowest BCUT2D eigenvalue weighted by molar-refractivity contribution is -0.129. The van der Waals surface area contributed by atoms with Gasteiger partial charge in [0.1, 0.15) is 6.04 Å². The van der Waals surface area contributed by atoms with Crippen LogP contribution < -0.4 is 21.3 Å². The number of rotatable bonds is 11. The molecule has 8 heteroatoms. The van der Waals surface area contributed by atoms with Crippen molar-refractivity contribution in [2.45, 2.75) is 68.7 Å². The third-order valence-electron chi connectivity index (χ3n) is 7.00. The molecule has 0 radical (unpaired) electrons. The Morgan fingerprint density at radius 1 is 1.03 bits per heavy atom. The molecule has 0 spiro atoms. The first-order valence-corrected chi connectivity index (χ1v) is 14.4. The quantitative estimate of drug-likeness (QED) is 0.393. The fraction of sp³-hybridized carbons (Fsp3) is 0.483. The molecule has 2 aliphatic rings. The summed E-state index contributed by atoms with van der Waals surface area (Å²) >= 11 is 1.69. The van der Waals surface area contributed by atoms with Crippen LogP contribution in [0.3, 0.4) is 0 Å². The molecule has 0 bridgehead atoms. The maximum Gasteiger partial charge on any atom is 0.242 e. The van der Waals surface area contributed by atoms with Crippen molar-refractivity contribution in [3.8, 4) is 0 Å². The average Bonchev–Trinajstić information content (AvgIpc) is 3.06. The number of nitrogens with one attached hydrogen (secondary N) is 2. The van der Waals surface area contributed by atoms with Crippen LogP contribution in [-0.4, -0.2) is 49.2 Å². The van der Waals surface area contributed by atoms with E-state index < -0.39 is 6.04 Å². The molecule has 0 fully saturated rings. The lowest BCUT2D eigenvalue weighted by Gasteiger charge is -2.23. The van der Waals surface area contributed by atoms with Gasteiger partial charge in [-0.1, -0.05) is 30.3 Å². The largest absolute Gasteiger partial charge is 0.354 e. The van der Waals surface area contributed by atoms with Crippen LogP contribution in [0.25, 0.3) is 0 Å². The van der Waals surface area contributed by atoms with E-state index >= 15 is 0 Å². The van der Waals surface area contributed by atoms with Gasteiger partial charge in [0.2, 0.25) is 17.7 Å². The summed E-state index contributed by atoms with van der Waals surface area (Å²) in [6.07, 6.45) is 6.99. The molecule has 2 aromatic carbocycles. The summed E-state index contributed by atoms with van der Waals surface area (Å²) in [4.78, 5) is 41.5. The maximum atomic E-state index is 13.0. The van der Waals surface area contributed by atoms with Crippen LogP contribution >= 0.6 is 11.8 Å². The van der Waals surface area contributed by atoms with Crippen molar-refractivity contribution < 1.29 is 14.4 Å². The van der Waals surface area contributed by atoms with E-state index in [1.807, 2.05) is 24.3 Å².